The van der Waals surface area contributed by atoms with Crippen LogP contribution in [0.1, 0.15) is 18.4 Å². The van der Waals surface area contributed by atoms with Gasteiger partial charge < -0.3 is 15.1 Å². The maximum atomic E-state index is 14.4. The maximum Gasteiger partial charge on any atom is 0.237 e. The summed E-state index contributed by atoms with van der Waals surface area (Å²) in [5, 5.41) is 19.9. The van der Waals surface area contributed by atoms with E-state index in [4.69, 9.17) is 11.6 Å². The number of amides is 1. The first kappa shape index (κ1) is 19.3. The molecule has 4 rings (SSSR count). The summed E-state index contributed by atoms with van der Waals surface area (Å²) in [6.45, 7) is 0. The van der Waals surface area contributed by atoms with Crippen molar-refractivity contribution in [2.24, 2.45) is 0 Å². The van der Waals surface area contributed by atoms with E-state index in [2.05, 4.69) is 0 Å². The number of likely N-dealkylation sites (N-methyl/N-ethyl adjacent to an activating group) is 1. The smallest absolute Gasteiger partial charge is 0.237 e. The molecule has 0 heterocycles. The van der Waals surface area contributed by atoms with Gasteiger partial charge in [0.05, 0.1) is 5.41 Å². The quantitative estimate of drug-likeness (QED) is 0.576. The molecule has 3 aromatic carbocycles. The second-order valence-electron chi connectivity index (χ2n) is 7.32. The summed E-state index contributed by atoms with van der Waals surface area (Å²) in [6, 6.07) is 15.9. The Labute approximate surface area is 172 Å². The first-order valence-corrected chi connectivity index (χ1v) is 9.56. The molecule has 1 aliphatic carbocycles. The summed E-state index contributed by atoms with van der Waals surface area (Å²) in [4.78, 5) is 14.8. The molecule has 0 aromatic heterocycles. The average molecular weight is 412 g/mol. The number of aromatic hydroxyl groups is 2. The minimum Gasteiger partial charge on any atom is -0.504 e. The summed E-state index contributed by atoms with van der Waals surface area (Å²) < 4.78 is 14.4. The minimum atomic E-state index is -0.746. The van der Waals surface area contributed by atoms with Crippen molar-refractivity contribution >= 4 is 23.2 Å². The van der Waals surface area contributed by atoms with E-state index in [0.717, 1.165) is 0 Å². The second-order valence-corrected chi connectivity index (χ2v) is 7.76. The summed E-state index contributed by atoms with van der Waals surface area (Å²) in [5.41, 5.74) is 1.45. The lowest BCUT2D eigenvalue weighted by molar-refractivity contribution is -0.120. The number of nitrogens with zero attached hydrogens (tertiary/aromatic N) is 1. The van der Waals surface area contributed by atoms with E-state index in [1.54, 1.807) is 49.5 Å². The Balaban J connectivity index is 1.68. The van der Waals surface area contributed by atoms with E-state index in [0.29, 0.717) is 40.2 Å². The molecule has 0 unspecified atom stereocenters. The summed E-state index contributed by atoms with van der Waals surface area (Å²) >= 11 is 6.03. The maximum absolute atomic E-state index is 14.4. The summed E-state index contributed by atoms with van der Waals surface area (Å²) in [7, 11) is 1.65. The predicted molar refractivity (Wildman–Crippen MR) is 111 cm³/mol. The molecule has 0 aliphatic heterocycles. The van der Waals surface area contributed by atoms with E-state index >= 15 is 0 Å². The molecule has 1 saturated carbocycles. The molecule has 1 fully saturated rings. The Bertz CT molecular complexity index is 1110. The van der Waals surface area contributed by atoms with Gasteiger partial charge in [0.2, 0.25) is 5.91 Å². The second kappa shape index (κ2) is 7.08. The van der Waals surface area contributed by atoms with Gasteiger partial charge in [-0.25, -0.2) is 4.39 Å². The third-order valence-electron chi connectivity index (χ3n) is 5.46. The molecule has 0 atom stereocenters. The Morgan fingerprint density at radius 1 is 1.03 bits per heavy atom. The zero-order valence-corrected chi connectivity index (χ0v) is 16.4. The molecule has 0 bridgehead atoms. The van der Waals surface area contributed by atoms with Crippen LogP contribution in [0.25, 0.3) is 11.1 Å². The van der Waals surface area contributed by atoms with Crippen LogP contribution in [0.15, 0.2) is 60.7 Å². The molecule has 3 aromatic rings. The van der Waals surface area contributed by atoms with Crippen LogP contribution in [-0.2, 0) is 10.2 Å². The van der Waals surface area contributed by atoms with Gasteiger partial charge in [-0.05, 0) is 66.4 Å². The van der Waals surface area contributed by atoms with Gasteiger partial charge in [0.1, 0.15) is 5.82 Å². The van der Waals surface area contributed by atoms with Crippen LogP contribution in [0.3, 0.4) is 0 Å². The van der Waals surface area contributed by atoms with Gasteiger partial charge in [-0.1, -0.05) is 29.8 Å². The number of phenols is 2. The van der Waals surface area contributed by atoms with Crippen molar-refractivity contribution in [3.8, 4) is 22.6 Å². The van der Waals surface area contributed by atoms with Crippen molar-refractivity contribution in [3.63, 3.8) is 0 Å². The average Bonchev–Trinajstić information content (AvgIpc) is 3.51. The number of benzene rings is 3. The van der Waals surface area contributed by atoms with Crippen molar-refractivity contribution in [1.82, 2.24) is 0 Å². The van der Waals surface area contributed by atoms with Crippen molar-refractivity contribution in [2.75, 3.05) is 11.9 Å². The molecule has 0 spiro atoms. The molecule has 1 amide bonds. The molecule has 0 radical (unpaired) electrons. The number of hydrogen-bond acceptors (Lipinski definition) is 3. The van der Waals surface area contributed by atoms with Gasteiger partial charge in [-0.15, -0.1) is 0 Å². The van der Waals surface area contributed by atoms with E-state index in [1.165, 1.54) is 23.1 Å². The Hall–Kier alpha value is -3.05. The highest BCUT2D eigenvalue weighted by Crippen LogP contribution is 2.51. The van der Waals surface area contributed by atoms with Gasteiger partial charge in [-0.2, -0.15) is 0 Å². The fraction of sp³-hybridized carbons (Fsp3) is 0.174. The Kier molecular flexibility index (Phi) is 4.71. The monoisotopic (exact) mass is 411 g/mol. The first-order chi connectivity index (χ1) is 13.8. The molecule has 6 heteroatoms. The Morgan fingerprint density at radius 2 is 1.79 bits per heavy atom. The van der Waals surface area contributed by atoms with E-state index in [1.807, 2.05) is 0 Å². The number of carbonyl (C=O) groups is 1. The van der Waals surface area contributed by atoms with E-state index in [-0.39, 0.29) is 17.4 Å². The number of hydrogen-bond donors (Lipinski definition) is 2. The van der Waals surface area contributed by atoms with Crippen LogP contribution in [0.5, 0.6) is 11.5 Å². The highest BCUT2D eigenvalue weighted by molar-refractivity contribution is 6.30. The highest BCUT2D eigenvalue weighted by Gasteiger charge is 2.53. The topological polar surface area (TPSA) is 60.8 Å². The van der Waals surface area contributed by atoms with Crippen LogP contribution in [0.2, 0.25) is 5.02 Å². The molecule has 4 nitrogen and oxygen atoms in total. The van der Waals surface area contributed by atoms with Crippen molar-refractivity contribution in [1.29, 1.82) is 0 Å². The van der Waals surface area contributed by atoms with E-state index < -0.39 is 11.2 Å². The summed E-state index contributed by atoms with van der Waals surface area (Å²) in [5.74, 6) is -1.03. The van der Waals surface area contributed by atoms with Crippen LogP contribution < -0.4 is 4.90 Å². The third-order valence-corrected chi connectivity index (χ3v) is 5.70. The highest BCUT2D eigenvalue weighted by atomic mass is 35.5. The summed E-state index contributed by atoms with van der Waals surface area (Å²) in [6.07, 6.45) is 1.28. The predicted octanol–water partition coefficient (Wildman–Crippen LogP) is 5.25. The normalized spacial score (nSPS) is 14.4. The van der Waals surface area contributed by atoms with Gasteiger partial charge in [0, 0.05) is 23.3 Å². The lowest BCUT2D eigenvalue weighted by Crippen LogP contribution is -2.36. The van der Waals surface area contributed by atoms with Crippen molar-refractivity contribution in [3.05, 3.63) is 77.1 Å². The molecule has 1 aliphatic rings. The first-order valence-electron chi connectivity index (χ1n) is 9.18. The van der Waals surface area contributed by atoms with Crippen molar-refractivity contribution < 1.29 is 19.4 Å². The van der Waals surface area contributed by atoms with Crippen LogP contribution >= 0.6 is 11.6 Å². The number of phenolic OH excluding ortho intramolecular Hbond substituents is 2. The number of carbonyl (C=O) groups excluding carboxylic acids is 1. The van der Waals surface area contributed by atoms with E-state index in [9.17, 15) is 19.4 Å². The lowest BCUT2D eigenvalue weighted by Gasteiger charge is -2.25. The molecule has 0 saturated heterocycles. The standard InChI is InChI=1S/C23H19ClFNO3/c1-26(22(29)23(9-10-23)15-5-8-20(27)21(28)12-15)17-6-7-19(25)18(13-17)14-3-2-4-16(24)11-14/h2-8,11-13,27-28H,9-10H2,1H3. The molecular weight excluding hydrogens is 393 g/mol. The fourth-order valence-corrected chi connectivity index (χ4v) is 3.80. The van der Waals surface area contributed by atoms with Crippen LogP contribution in [0.4, 0.5) is 10.1 Å². The van der Waals surface area contributed by atoms with Crippen LogP contribution in [-0.4, -0.2) is 23.2 Å². The number of rotatable bonds is 4. The molecule has 148 valence electrons. The van der Waals surface area contributed by atoms with Gasteiger partial charge in [0.25, 0.3) is 0 Å². The Morgan fingerprint density at radius 3 is 2.45 bits per heavy atom. The minimum absolute atomic E-state index is 0.147. The lowest BCUT2D eigenvalue weighted by atomic mass is 9.93. The molecular formula is C23H19ClFNO3. The zero-order valence-electron chi connectivity index (χ0n) is 15.7. The van der Waals surface area contributed by atoms with Crippen molar-refractivity contribution in [2.45, 2.75) is 18.3 Å². The largest absolute Gasteiger partial charge is 0.504 e. The zero-order chi connectivity index (χ0) is 20.8. The van der Waals surface area contributed by atoms with Crippen LogP contribution in [0, 0.1) is 5.82 Å². The number of anilines is 1. The van der Waals surface area contributed by atoms with Gasteiger partial charge >= 0.3 is 0 Å². The number of halogens is 2. The van der Waals surface area contributed by atoms with Gasteiger partial charge in [-0.3, -0.25) is 4.79 Å². The molecule has 29 heavy (non-hydrogen) atoms. The fourth-order valence-electron chi connectivity index (χ4n) is 3.61. The third kappa shape index (κ3) is 3.42. The molecule has 2 N–H and O–H groups in total. The SMILES string of the molecule is CN(C(=O)C1(c2ccc(O)c(O)c2)CC1)c1ccc(F)c(-c2cccc(Cl)c2)c1. The van der Waals surface area contributed by atoms with Gasteiger partial charge in [0.15, 0.2) is 11.5 Å².